The molecule has 3 rings (SSSR count). The highest BCUT2D eigenvalue weighted by Gasteiger charge is 2.34. The number of piperazine rings is 1. The zero-order valence-corrected chi connectivity index (χ0v) is 18.6. The molecule has 1 heterocycles. The molecule has 2 aliphatic rings. The lowest BCUT2D eigenvalue weighted by molar-refractivity contribution is -0.275. The first-order valence-corrected chi connectivity index (χ1v) is 9.90. The van der Waals surface area contributed by atoms with Crippen LogP contribution < -0.4 is 14.8 Å². The maximum Gasteiger partial charge on any atom is 0.573 e. The van der Waals surface area contributed by atoms with Crippen molar-refractivity contribution in [3.63, 3.8) is 0 Å². The Hall–Kier alpha value is -0.930. The highest BCUT2D eigenvalue weighted by molar-refractivity contribution is 5.85. The van der Waals surface area contributed by atoms with Gasteiger partial charge in [0.05, 0.1) is 13.2 Å². The quantitative estimate of drug-likeness (QED) is 0.652. The van der Waals surface area contributed by atoms with Gasteiger partial charge < -0.3 is 24.8 Å². The first kappa shape index (κ1) is 27.1. The van der Waals surface area contributed by atoms with Gasteiger partial charge in [0.1, 0.15) is 0 Å². The summed E-state index contributed by atoms with van der Waals surface area (Å²) in [6, 6.07) is 4.88. The summed E-state index contributed by atoms with van der Waals surface area (Å²) in [5.41, 5.74) is 0.833. The minimum atomic E-state index is -4.77. The van der Waals surface area contributed by atoms with Crippen molar-refractivity contribution in [2.45, 2.75) is 44.1 Å². The van der Waals surface area contributed by atoms with Crippen LogP contribution in [0.25, 0.3) is 0 Å². The number of methoxy groups -OCH3 is 1. The zero-order chi connectivity index (χ0) is 20.1. The summed E-state index contributed by atoms with van der Waals surface area (Å²) >= 11 is 0. The standard InChI is InChI=1S/C20H29F3N2O3.2ClH/c1-27-18-7-4-15(12-19(18)28-20(21,22)23)17(13-25-10-8-24-9-11-25)14-2-5-16(26)6-3-14;;/h4,7,12,14,16-17,24,26H,2-3,5-6,8-11,13H2,1H3;2*1H. The zero-order valence-electron chi connectivity index (χ0n) is 17.0. The van der Waals surface area contributed by atoms with Crippen LogP contribution in [0.1, 0.15) is 37.2 Å². The van der Waals surface area contributed by atoms with Gasteiger partial charge in [0.2, 0.25) is 0 Å². The normalized spacial score (nSPS) is 23.6. The highest BCUT2D eigenvalue weighted by atomic mass is 35.5. The predicted octanol–water partition coefficient (Wildman–Crippen LogP) is 3.98. The molecule has 0 radical (unpaired) electrons. The molecule has 2 N–H and O–H groups in total. The van der Waals surface area contributed by atoms with Crippen LogP contribution in [0.2, 0.25) is 0 Å². The molecule has 0 amide bonds. The molecule has 30 heavy (non-hydrogen) atoms. The van der Waals surface area contributed by atoms with E-state index in [0.29, 0.717) is 5.92 Å². The average Bonchev–Trinajstić information content (AvgIpc) is 2.66. The second kappa shape index (κ2) is 12.2. The molecule has 10 heteroatoms. The van der Waals surface area contributed by atoms with Crippen LogP contribution in [0, 0.1) is 5.92 Å². The molecule has 1 unspecified atom stereocenters. The molecule has 1 aromatic carbocycles. The summed E-state index contributed by atoms with van der Waals surface area (Å²) in [6.45, 7) is 4.48. The Labute approximate surface area is 188 Å². The fraction of sp³-hybridized carbons (Fsp3) is 0.700. The Bertz CT molecular complexity index is 638. The van der Waals surface area contributed by atoms with Crippen molar-refractivity contribution < 1.29 is 27.8 Å². The molecule has 0 spiro atoms. The number of hydrogen-bond acceptors (Lipinski definition) is 5. The third-order valence-corrected chi connectivity index (χ3v) is 5.82. The molecule has 1 aliphatic carbocycles. The number of halogens is 5. The van der Waals surface area contributed by atoms with E-state index in [4.69, 9.17) is 4.74 Å². The molecule has 1 aromatic rings. The summed E-state index contributed by atoms with van der Waals surface area (Å²) in [7, 11) is 1.33. The molecule has 174 valence electrons. The molecule has 1 atom stereocenters. The Morgan fingerprint density at radius 3 is 2.30 bits per heavy atom. The van der Waals surface area contributed by atoms with Crippen molar-refractivity contribution in [1.29, 1.82) is 0 Å². The predicted molar refractivity (Wildman–Crippen MR) is 114 cm³/mol. The number of rotatable bonds is 6. The first-order chi connectivity index (χ1) is 13.4. The summed E-state index contributed by atoms with van der Waals surface area (Å²) in [6.07, 6.45) is -1.81. The summed E-state index contributed by atoms with van der Waals surface area (Å²) in [5, 5.41) is 13.2. The van der Waals surface area contributed by atoms with Crippen molar-refractivity contribution >= 4 is 24.8 Å². The smallest absolute Gasteiger partial charge is 0.493 e. The molecule has 1 aliphatic heterocycles. The number of ether oxygens (including phenoxy) is 2. The SMILES string of the molecule is COc1ccc(C(CN2CCNCC2)C2CCC(O)CC2)cc1OC(F)(F)F.Cl.Cl. The Kier molecular flexibility index (Phi) is 11.0. The molecule has 0 bridgehead atoms. The third-order valence-electron chi connectivity index (χ3n) is 5.82. The summed E-state index contributed by atoms with van der Waals surface area (Å²) in [4.78, 5) is 2.36. The second-order valence-corrected chi connectivity index (χ2v) is 7.68. The van der Waals surface area contributed by atoms with Crippen LogP contribution in [-0.4, -0.2) is 62.3 Å². The molecule has 5 nitrogen and oxygen atoms in total. The van der Waals surface area contributed by atoms with Crippen molar-refractivity contribution in [3.05, 3.63) is 23.8 Å². The van der Waals surface area contributed by atoms with Crippen LogP contribution in [-0.2, 0) is 0 Å². The van der Waals surface area contributed by atoms with E-state index in [1.165, 1.54) is 13.2 Å². The van der Waals surface area contributed by atoms with Crippen molar-refractivity contribution in [2.75, 3.05) is 39.8 Å². The monoisotopic (exact) mass is 474 g/mol. The minimum Gasteiger partial charge on any atom is -0.493 e. The van der Waals surface area contributed by atoms with E-state index in [1.54, 1.807) is 6.07 Å². The van der Waals surface area contributed by atoms with Gasteiger partial charge in [-0.2, -0.15) is 0 Å². The lowest BCUT2D eigenvalue weighted by Gasteiger charge is -2.37. The Morgan fingerprint density at radius 2 is 1.73 bits per heavy atom. The molecular formula is C20H31Cl2F3N2O3. The maximum absolute atomic E-state index is 12.8. The van der Waals surface area contributed by atoms with Gasteiger partial charge in [-0.1, -0.05) is 6.07 Å². The van der Waals surface area contributed by atoms with Crippen molar-refractivity contribution in [3.8, 4) is 11.5 Å². The number of benzene rings is 1. The van der Waals surface area contributed by atoms with Crippen LogP contribution in [0.3, 0.4) is 0 Å². The fourth-order valence-electron chi connectivity index (χ4n) is 4.33. The number of alkyl halides is 3. The minimum absolute atomic E-state index is 0. The summed E-state index contributed by atoms with van der Waals surface area (Å²) in [5.74, 6) is 0.187. The summed E-state index contributed by atoms with van der Waals surface area (Å²) < 4.78 is 47.8. The van der Waals surface area contributed by atoms with Gasteiger partial charge in [-0.3, -0.25) is 0 Å². The molecule has 0 aromatic heterocycles. The number of nitrogens with zero attached hydrogens (tertiary/aromatic N) is 1. The maximum atomic E-state index is 12.8. The van der Waals surface area contributed by atoms with Crippen LogP contribution in [0.5, 0.6) is 11.5 Å². The van der Waals surface area contributed by atoms with Crippen LogP contribution >= 0.6 is 24.8 Å². The van der Waals surface area contributed by atoms with E-state index < -0.39 is 6.36 Å². The van der Waals surface area contributed by atoms with E-state index in [0.717, 1.165) is 64.0 Å². The molecule has 2 fully saturated rings. The van der Waals surface area contributed by atoms with E-state index in [2.05, 4.69) is 15.0 Å². The lowest BCUT2D eigenvalue weighted by atomic mass is 9.75. The van der Waals surface area contributed by atoms with Gasteiger partial charge >= 0.3 is 6.36 Å². The molecule has 1 saturated heterocycles. The average molecular weight is 475 g/mol. The van der Waals surface area contributed by atoms with Gasteiger partial charge in [-0.25, -0.2) is 0 Å². The van der Waals surface area contributed by atoms with Gasteiger partial charge in [0.25, 0.3) is 0 Å². The molecular weight excluding hydrogens is 444 g/mol. The van der Waals surface area contributed by atoms with E-state index in [-0.39, 0.29) is 48.3 Å². The lowest BCUT2D eigenvalue weighted by Crippen LogP contribution is -2.46. The van der Waals surface area contributed by atoms with Crippen LogP contribution in [0.15, 0.2) is 18.2 Å². The van der Waals surface area contributed by atoms with Crippen molar-refractivity contribution in [1.82, 2.24) is 10.2 Å². The molecule has 1 saturated carbocycles. The van der Waals surface area contributed by atoms with E-state index >= 15 is 0 Å². The Balaban J connectivity index is 0.00000225. The number of hydrogen-bond donors (Lipinski definition) is 2. The van der Waals surface area contributed by atoms with Gasteiger partial charge in [-0.15, -0.1) is 38.0 Å². The highest BCUT2D eigenvalue weighted by Crippen LogP contribution is 2.41. The van der Waals surface area contributed by atoms with E-state index in [9.17, 15) is 18.3 Å². The number of aliphatic hydroxyl groups excluding tert-OH is 1. The third kappa shape index (κ3) is 7.64. The number of nitrogens with one attached hydrogen (secondary N) is 1. The van der Waals surface area contributed by atoms with Gasteiger partial charge in [-0.05, 0) is 55.2 Å². The Morgan fingerprint density at radius 1 is 1.10 bits per heavy atom. The largest absolute Gasteiger partial charge is 0.573 e. The number of aliphatic hydroxyl groups is 1. The van der Waals surface area contributed by atoms with E-state index in [1.807, 2.05) is 6.07 Å². The van der Waals surface area contributed by atoms with Crippen molar-refractivity contribution in [2.24, 2.45) is 5.92 Å². The topological polar surface area (TPSA) is 54.0 Å². The second-order valence-electron chi connectivity index (χ2n) is 7.68. The fourth-order valence-corrected chi connectivity index (χ4v) is 4.33. The van der Waals surface area contributed by atoms with Crippen LogP contribution in [0.4, 0.5) is 13.2 Å². The van der Waals surface area contributed by atoms with Gasteiger partial charge in [0.15, 0.2) is 11.5 Å². The van der Waals surface area contributed by atoms with Gasteiger partial charge in [0, 0.05) is 32.7 Å². The first-order valence-electron chi connectivity index (χ1n) is 9.90.